The van der Waals surface area contributed by atoms with Crippen molar-refractivity contribution in [2.45, 2.75) is 181 Å². The molecule has 0 saturated heterocycles. The van der Waals surface area contributed by atoms with Crippen LogP contribution in [0.4, 0.5) is 0 Å². The highest BCUT2D eigenvalue weighted by Gasteiger charge is 2.32. The average molecular weight is 678 g/mol. The lowest BCUT2D eigenvalue weighted by Gasteiger charge is -2.19. The van der Waals surface area contributed by atoms with Gasteiger partial charge in [-0.25, -0.2) is 4.99 Å². The van der Waals surface area contributed by atoms with E-state index in [1.165, 1.54) is 141 Å². The van der Waals surface area contributed by atoms with Crippen LogP contribution in [0.5, 0.6) is 0 Å². The van der Waals surface area contributed by atoms with Crippen LogP contribution < -0.4 is 0 Å². The SMILES string of the molecule is CCCCCCCCCCCCCCCCCCN1C(=O)/C(=C/OCCCCCCCCCCCC)N=C1c1ccc(Cl)cc1Cl. The number of hydrogen-bond donors (Lipinski definition) is 0. The topological polar surface area (TPSA) is 41.9 Å². The predicted molar refractivity (Wildman–Crippen MR) is 200 cm³/mol. The van der Waals surface area contributed by atoms with Crippen LogP contribution in [0.3, 0.4) is 0 Å². The summed E-state index contributed by atoms with van der Waals surface area (Å²) in [6.07, 6.45) is 35.6. The minimum absolute atomic E-state index is 0.106. The first-order chi connectivity index (χ1) is 22.6. The number of rotatable bonds is 30. The molecule has 46 heavy (non-hydrogen) atoms. The lowest BCUT2D eigenvalue weighted by Crippen LogP contribution is -2.33. The molecule has 1 aliphatic heterocycles. The zero-order chi connectivity index (χ0) is 33.1. The Kier molecular flexibility index (Phi) is 24.2. The van der Waals surface area contributed by atoms with E-state index in [4.69, 9.17) is 32.9 Å². The van der Waals surface area contributed by atoms with Gasteiger partial charge in [0.05, 0.1) is 11.6 Å². The maximum atomic E-state index is 13.4. The van der Waals surface area contributed by atoms with Gasteiger partial charge in [0, 0.05) is 17.1 Å². The highest BCUT2D eigenvalue weighted by Crippen LogP contribution is 2.28. The van der Waals surface area contributed by atoms with Crippen molar-refractivity contribution in [2.75, 3.05) is 13.2 Å². The van der Waals surface area contributed by atoms with Crippen LogP contribution in [0.25, 0.3) is 0 Å². The zero-order valence-corrected chi connectivity index (χ0v) is 31.1. The van der Waals surface area contributed by atoms with E-state index in [2.05, 4.69) is 13.8 Å². The fourth-order valence-electron chi connectivity index (χ4n) is 6.25. The molecule has 0 aliphatic carbocycles. The van der Waals surface area contributed by atoms with E-state index in [9.17, 15) is 4.79 Å². The maximum Gasteiger partial charge on any atom is 0.281 e. The van der Waals surface area contributed by atoms with Crippen LogP contribution in [-0.2, 0) is 9.53 Å². The molecule has 2 rings (SSSR count). The van der Waals surface area contributed by atoms with Crippen LogP contribution in [0.2, 0.25) is 10.0 Å². The molecule has 1 aromatic carbocycles. The van der Waals surface area contributed by atoms with E-state index >= 15 is 0 Å². The Morgan fingerprint density at radius 2 is 1.07 bits per heavy atom. The average Bonchev–Trinajstić information content (AvgIpc) is 3.35. The van der Waals surface area contributed by atoms with E-state index in [0.717, 1.165) is 31.2 Å². The molecule has 1 heterocycles. The Morgan fingerprint density at radius 3 is 1.52 bits per heavy atom. The first-order valence-electron chi connectivity index (χ1n) is 19.3. The highest BCUT2D eigenvalue weighted by atomic mass is 35.5. The summed E-state index contributed by atoms with van der Waals surface area (Å²) < 4.78 is 5.81. The fraction of sp³-hybridized carbons (Fsp3) is 0.750. The Hall–Kier alpha value is -1.52. The third-order valence-corrected chi connectivity index (χ3v) is 9.71. The van der Waals surface area contributed by atoms with Gasteiger partial charge in [-0.3, -0.25) is 9.69 Å². The largest absolute Gasteiger partial charge is 0.499 e. The molecule has 0 saturated carbocycles. The number of ether oxygens (including phenoxy) is 1. The summed E-state index contributed by atoms with van der Waals surface area (Å²) in [6, 6.07) is 5.36. The summed E-state index contributed by atoms with van der Waals surface area (Å²) in [6.45, 7) is 5.79. The van der Waals surface area contributed by atoms with Crippen LogP contribution in [-0.4, -0.2) is 29.8 Å². The van der Waals surface area contributed by atoms with Gasteiger partial charge in [-0.2, -0.15) is 0 Å². The third-order valence-electron chi connectivity index (χ3n) is 9.16. The molecule has 0 atom stereocenters. The maximum absolute atomic E-state index is 13.4. The number of nitrogens with zero attached hydrogens (tertiary/aromatic N) is 2. The number of carbonyl (C=O) groups is 1. The van der Waals surface area contributed by atoms with Crippen LogP contribution >= 0.6 is 23.2 Å². The van der Waals surface area contributed by atoms with E-state index in [1.54, 1.807) is 23.3 Å². The quantitative estimate of drug-likeness (QED) is 0.0462. The molecule has 0 aromatic heterocycles. The van der Waals surface area contributed by atoms with Gasteiger partial charge < -0.3 is 4.74 Å². The molecule has 0 unspecified atom stereocenters. The first-order valence-corrected chi connectivity index (χ1v) is 20.0. The van der Waals surface area contributed by atoms with Crippen LogP contribution in [0, 0.1) is 0 Å². The van der Waals surface area contributed by atoms with Crippen molar-refractivity contribution in [3.05, 3.63) is 45.8 Å². The summed E-state index contributed by atoms with van der Waals surface area (Å²) in [5.74, 6) is 0.492. The summed E-state index contributed by atoms with van der Waals surface area (Å²) >= 11 is 12.7. The number of amidine groups is 1. The highest BCUT2D eigenvalue weighted by molar-refractivity contribution is 6.37. The molecule has 1 aromatic rings. The Morgan fingerprint density at radius 1 is 0.630 bits per heavy atom. The monoisotopic (exact) mass is 676 g/mol. The first kappa shape index (κ1) is 40.7. The second-order valence-corrected chi connectivity index (χ2v) is 14.2. The fourth-order valence-corrected chi connectivity index (χ4v) is 6.74. The van der Waals surface area contributed by atoms with Crippen LogP contribution in [0.15, 0.2) is 35.2 Å². The number of halogens is 2. The van der Waals surface area contributed by atoms with Gasteiger partial charge in [-0.15, -0.1) is 0 Å². The van der Waals surface area contributed by atoms with Crippen molar-refractivity contribution in [2.24, 2.45) is 4.99 Å². The Bertz CT molecular complexity index is 993. The van der Waals surface area contributed by atoms with Crippen LogP contribution in [0.1, 0.15) is 186 Å². The lowest BCUT2D eigenvalue weighted by atomic mass is 10.0. The van der Waals surface area contributed by atoms with Crippen molar-refractivity contribution < 1.29 is 9.53 Å². The van der Waals surface area contributed by atoms with Gasteiger partial charge in [0.1, 0.15) is 12.1 Å². The summed E-state index contributed by atoms with van der Waals surface area (Å²) in [7, 11) is 0. The molecule has 0 fully saturated rings. The van der Waals surface area contributed by atoms with Gasteiger partial charge in [0.15, 0.2) is 5.70 Å². The van der Waals surface area contributed by atoms with Crippen molar-refractivity contribution >= 4 is 34.9 Å². The van der Waals surface area contributed by atoms with Gasteiger partial charge >= 0.3 is 0 Å². The van der Waals surface area contributed by atoms with Gasteiger partial charge in [-0.1, -0.05) is 191 Å². The molecule has 0 radical (unpaired) electrons. The van der Waals surface area contributed by atoms with E-state index < -0.39 is 0 Å². The molecule has 0 N–H and O–H groups in total. The minimum Gasteiger partial charge on any atom is -0.499 e. The number of hydrogen-bond acceptors (Lipinski definition) is 3. The predicted octanol–water partition coefficient (Wildman–Crippen LogP) is 13.6. The van der Waals surface area contributed by atoms with Crippen molar-refractivity contribution in [3.63, 3.8) is 0 Å². The molecule has 0 spiro atoms. The molecule has 4 nitrogen and oxygen atoms in total. The van der Waals surface area contributed by atoms with Gasteiger partial charge in [0.25, 0.3) is 5.91 Å². The normalized spacial score (nSPS) is 14.1. The molecule has 262 valence electrons. The van der Waals surface area contributed by atoms with Gasteiger partial charge in [0.2, 0.25) is 0 Å². The third kappa shape index (κ3) is 18.1. The summed E-state index contributed by atoms with van der Waals surface area (Å²) in [4.78, 5) is 19.9. The van der Waals surface area contributed by atoms with E-state index in [1.807, 2.05) is 6.07 Å². The van der Waals surface area contributed by atoms with Crippen molar-refractivity contribution in [1.29, 1.82) is 0 Å². The van der Waals surface area contributed by atoms with Crippen molar-refractivity contribution in [3.8, 4) is 0 Å². The van der Waals surface area contributed by atoms with E-state index in [0.29, 0.717) is 34.7 Å². The summed E-state index contributed by atoms with van der Waals surface area (Å²) in [5.41, 5.74) is 1.08. The summed E-state index contributed by atoms with van der Waals surface area (Å²) in [5, 5.41) is 1.07. The van der Waals surface area contributed by atoms with E-state index in [-0.39, 0.29) is 5.91 Å². The molecule has 1 amide bonds. The Labute approximate surface area is 293 Å². The molecule has 0 bridgehead atoms. The molecule has 1 aliphatic rings. The van der Waals surface area contributed by atoms with Crippen molar-refractivity contribution in [1.82, 2.24) is 4.90 Å². The smallest absolute Gasteiger partial charge is 0.281 e. The minimum atomic E-state index is -0.106. The molecular weight excluding hydrogens is 611 g/mol. The number of aliphatic imine (C=N–C) groups is 1. The zero-order valence-electron chi connectivity index (χ0n) is 29.6. The molecule has 6 heteroatoms. The Balaban J connectivity index is 1.66. The number of amides is 1. The molecular formula is C40H66Cl2N2O2. The number of benzene rings is 1. The number of unbranched alkanes of at least 4 members (excludes halogenated alkanes) is 24. The second-order valence-electron chi connectivity index (χ2n) is 13.4. The second kappa shape index (κ2) is 27.4. The van der Waals surface area contributed by atoms with Gasteiger partial charge in [-0.05, 0) is 31.0 Å². The lowest BCUT2D eigenvalue weighted by molar-refractivity contribution is -0.122. The standard InChI is InChI=1S/C40H66Cl2N2O2/c1-3-5-7-9-11-13-15-16-17-18-19-20-21-23-25-27-31-44-39(36-30-29-35(41)33-37(36)42)43-38(40(44)45)34-46-32-28-26-24-22-14-12-10-8-6-4-2/h29-30,33-34H,3-28,31-32H2,1-2H3/b38-34-. The number of carbonyl (C=O) groups excluding carboxylic acids is 1.